The highest BCUT2D eigenvalue weighted by Crippen LogP contribution is 2.32. The number of carbonyl (C=O) groups excluding carboxylic acids is 1. The van der Waals surface area contributed by atoms with Gasteiger partial charge in [0.15, 0.2) is 5.13 Å². The number of thioether (sulfide) groups is 1. The molecule has 2 aromatic carbocycles. The van der Waals surface area contributed by atoms with Gasteiger partial charge in [-0.05, 0) is 37.3 Å². The molecule has 4 aromatic rings. The van der Waals surface area contributed by atoms with Gasteiger partial charge in [0, 0.05) is 23.2 Å². The highest BCUT2D eigenvalue weighted by atomic mass is 32.2. The summed E-state index contributed by atoms with van der Waals surface area (Å²) in [5, 5.41) is 11.6. The van der Waals surface area contributed by atoms with E-state index in [1.165, 1.54) is 35.2 Å². The third-order valence-electron chi connectivity index (χ3n) is 4.53. The van der Waals surface area contributed by atoms with Gasteiger partial charge in [-0.25, -0.2) is 4.98 Å². The van der Waals surface area contributed by atoms with Gasteiger partial charge in [-0.1, -0.05) is 35.1 Å². The van der Waals surface area contributed by atoms with Crippen LogP contribution in [-0.2, 0) is 11.3 Å². The summed E-state index contributed by atoms with van der Waals surface area (Å²) in [6.45, 7) is 2.29. The van der Waals surface area contributed by atoms with Crippen LogP contribution in [0.5, 0.6) is 0 Å². The normalized spacial score (nSPS) is 10.9. The van der Waals surface area contributed by atoms with Gasteiger partial charge < -0.3 is 0 Å². The number of benzene rings is 2. The van der Waals surface area contributed by atoms with Crippen LogP contribution in [0, 0.1) is 17.0 Å². The van der Waals surface area contributed by atoms with Crippen LogP contribution in [0.25, 0.3) is 10.2 Å². The third kappa shape index (κ3) is 5.07. The average Bonchev–Trinajstić information content (AvgIpc) is 3.20. The molecule has 0 fully saturated rings. The smallest absolute Gasteiger partial charge is 0.270 e. The maximum Gasteiger partial charge on any atom is 0.270 e. The molecular formula is C22H18N4O3S2. The Morgan fingerprint density at radius 1 is 1.16 bits per heavy atom. The van der Waals surface area contributed by atoms with Crippen molar-refractivity contribution >= 4 is 50.0 Å². The predicted octanol–water partition coefficient (Wildman–Crippen LogP) is 5.23. The Labute approximate surface area is 186 Å². The van der Waals surface area contributed by atoms with E-state index < -0.39 is 4.92 Å². The van der Waals surface area contributed by atoms with Crippen molar-refractivity contribution in [3.8, 4) is 0 Å². The number of rotatable bonds is 7. The Morgan fingerprint density at radius 3 is 2.68 bits per heavy atom. The topological polar surface area (TPSA) is 89.2 Å². The average molecular weight is 451 g/mol. The van der Waals surface area contributed by atoms with Gasteiger partial charge in [0.25, 0.3) is 5.69 Å². The van der Waals surface area contributed by atoms with Gasteiger partial charge in [0.05, 0.1) is 33.1 Å². The van der Waals surface area contributed by atoms with Crippen LogP contribution in [0.15, 0.2) is 71.8 Å². The van der Waals surface area contributed by atoms with Crippen molar-refractivity contribution in [2.45, 2.75) is 18.4 Å². The molecule has 0 saturated carbocycles. The maximum absolute atomic E-state index is 13.2. The molecule has 31 heavy (non-hydrogen) atoms. The van der Waals surface area contributed by atoms with Crippen LogP contribution in [0.4, 0.5) is 10.8 Å². The quantitative estimate of drug-likeness (QED) is 0.217. The van der Waals surface area contributed by atoms with Crippen LogP contribution in [0.2, 0.25) is 0 Å². The largest absolute Gasteiger partial charge is 0.281 e. The molecular weight excluding hydrogens is 432 g/mol. The number of aryl methyl sites for hydroxylation is 1. The summed E-state index contributed by atoms with van der Waals surface area (Å²) in [6.07, 6.45) is 1.68. The lowest BCUT2D eigenvalue weighted by atomic mass is 10.2. The summed E-state index contributed by atoms with van der Waals surface area (Å²) in [6, 6.07) is 18.1. The summed E-state index contributed by atoms with van der Waals surface area (Å²) in [5.74, 6) is 0.135. The molecule has 0 saturated heterocycles. The number of pyridine rings is 1. The van der Waals surface area contributed by atoms with E-state index in [1.54, 1.807) is 17.2 Å². The number of nitro benzene ring substituents is 1. The Balaban J connectivity index is 1.61. The molecule has 0 aliphatic rings. The first-order valence-electron chi connectivity index (χ1n) is 9.44. The van der Waals surface area contributed by atoms with Gasteiger partial charge >= 0.3 is 0 Å². The molecule has 0 N–H and O–H groups in total. The zero-order chi connectivity index (χ0) is 21.8. The van der Waals surface area contributed by atoms with Crippen LogP contribution in [0.1, 0.15) is 11.3 Å². The van der Waals surface area contributed by atoms with Crippen LogP contribution in [-0.4, -0.2) is 26.6 Å². The number of nitro groups is 1. The van der Waals surface area contributed by atoms with Crippen molar-refractivity contribution in [1.29, 1.82) is 0 Å². The number of amides is 1. The summed E-state index contributed by atoms with van der Waals surface area (Å²) < 4.78 is 0.661. The summed E-state index contributed by atoms with van der Waals surface area (Å²) in [5.41, 5.74) is 2.52. The van der Waals surface area contributed by atoms with Crippen LogP contribution >= 0.6 is 23.1 Å². The summed E-state index contributed by atoms with van der Waals surface area (Å²) in [4.78, 5) is 35.3. The molecule has 0 bridgehead atoms. The Bertz CT molecular complexity index is 1230. The fourth-order valence-electron chi connectivity index (χ4n) is 2.90. The van der Waals surface area contributed by atoms with E-state index in [0.29, 0.717) is 15.3 Å². The fraction of sp³-hybridized carbons (Fsp3) is 0.136. The molecule has 2 aromatic heterocycles. The molecule has 9 heteroatoms. The van der Waals surface area contributed by atoms with Crippen molar-refractivity contribution in [3.05, 3.63) is 88.2 Å². The first-order chi connectivity index (χ1) is 15.0. The molecule has 7 nitrogen and oxygen atoms in total. The summed E-state index contributed by atoms with van der Waals surface area (Å²) in [7, 11) is 0. The van der Waals surface area contributed by atoms with Crippen LogP contribution < -0.4 is 4.90 Å². The lowest BCUT2D eigenvalue weighted by Crippen LogP contribution is -2.32. The molecule has 0 aliphatic carbocycles. The van der Waals surface area contributed by atoms with Gasteiger partial charge in [-0.15, -0.1) is 11.8 Å². The SMILES string of the molecule is Cc1ccc(SCC(=O)N(Cc2ccccn2)c2nc3ccc([N+](=O)[O-])cc3s2)cc1. The molecule has 4 rings (SSSR count). The first-order valence-corrected chi connectivity index (χ1v) is 11.2. The number of carbonyl (C=O) groups is 1. The number of thiazole rings is 1. The molecule has 156 valence electrons. The summed E-state index contributed by atoms with van der Waals surface area (Å²) >= 11 is 2.72. The minimum Gasteiger partial charge on any atom is -0.281 e. The monoisotopic (exact) mass is 450 g/mol. The number of non-ortho nitro benzene ring substituents is 1. The van der Waals surface area contributed by atoms with E-state index in [-0.39, 0.29) is 23.9 Å². The molecule has 0 atom stereocenters. The van der Waals surface area contributed by atoms with Crippen molar-refractivity contribution in [2.75, 3.05) is 10.7 Å². The van der Waals surface area contributed by atoms with E-state index in [0.717, 1.165) is 16.2 Å². The van der Waals surface area contributed by atoms with E-state index in [4.69, 9.17) is 0 Å². The Morgan fingerprint density at radius 2 is 1.97 bits per heavy atom. The minimum absolute atomic E-state index is 0.000212. The van der Waals surface area contributed by atoms with E-state index in [1.807, 2.05) is 49.4 Å². The van der Waals surface area contributed by atoms with Crippen molar-refractivity contribution in [1.82, 2.24) is 9.97 Å². The van der Waals surface area contributed by atoms with E-state index in [2.05, 4.69) is 9.97 Å². The lowest BCUT2D eigenvalue weighted by molar-refractivity contribution is -0.384. The standard InChI is InChI=1S/C22H18N4O3S2/c1-15-5-8-18(9-6-15)30-14-21(27)25(13-16-4-2-3-11-23-16)22-24-19-10-7-17(26(28)29)12-20(19)31-22/h2-12H,13-14H2,1H3. The Kier molecular flexibility index (Phi) is 6.24. The van der Waals surface area contributed by atoms with Crippen molar-refractivity contribution < 1.29 is 9.72 Å². The zero-order valence-corrected chi connectivity index (χ0v) is 18.2. The molecule has 2 heterocycles. The number of hydrogen-bond donors (Lipinski definition) is 0. The maximum atomic E-state index is 13.2. The fourth-order valence-corrected chi connectivity index (χ4v) is 4.69. The second kappa shape index (κ2) is 9.23. The second-order valence-electron chi connectivity index (χ2n) is 6.81. The van der Waals surface area contributed by atoms with Gasteiger partial charge in [-0.3, -0.25) is 24.8 Å². The minimum atomic E-state index is -0.437. The van der Waals surface area contributed by atoms with E-state index >= 15 is 0 Å². The van der Waals surface area contributed by atoms with Gasteiger partial charge in [0.2, 0.25) is 5.91 Å². The Hall–Kier alpha value is -3.30. The molecule has 0 radical (unpaired) electrons. The number of fused-ring (bicyclic) bond motifs is 1. The predicted molar refractivity (Wildman–Crippen MR) is 124 cm³/mol. The first kappa shape index (κ1) is 21.0. The molecule has 0 unspecified atom stereocenters. The highest BCUT2D eigenvalue weighted by Gasteiger charge is 2.22. The number of aromatic nitrogens is 2. The van der Waals surface area contributed by atoms with Gasteiger partial charge in [0.1, 0.15) is 0 Å². The lowest BCUT2D eigenvalue weighted by Gasteiger charge is -2.19. The van der Waals surface area contributed by atoms with Crippen molar-refractivity contribution in [3.63, 3.8) is 0 Å². The molecule has 0 aliphatic heterocycles. The van der Waals surface area contributed by atoms with Crippen molar-refractivity contribution in [2.24, 2.45) is 0 Å². The van der Waals surface area contributed by atoms with Crippen LogP contribution in [0.3, 0.4) is 0 Å². The van der Waals surface area contributed by atoms with Gasteiger partial charge in [-0.2, -0.15) is 0 Å². The zero-order valence-electron chi connectivity index (χ0n) is 16.6. The molecule has 1 amide bonds. The van der Waals surface area contributed by atoms with E-state index in [9.17, 15) is 14.9 Å². The molecule has 0 spiro atoms. The number of nitrogens with zero attached hydrogens (tertiary/aromatic N) is 4. The third-order valence-corrected chi connectivity index (χ3v) is 6.57. The number of hydrogen-bond acceptors (Lipinski definition) is 7. The highest BCUT2D eigenvalue weighted by molar-refractivity contribution is 8.00. The second-order valence-corrected chi connectivity index (χ2v) is 8.87. The number of anilines is 1.